The molecule has 2 aromatic rings. The van der Waals surface area contributed by atoms with Crippen molar-refractivity contribution < 1.29 is 4.79 Å². The largest absolute Gasteiger partial charge is 0.362 e. The summed E-state index contributed by atoms with van der Waals surface area (Å²) in [4.78, 5) is 19.3. The van der Waals surface area contributed by atoms with E-state index in [1.807, 2.05) is 31.3 Å². The molecule has 0 atom stereocenters. The molecule has 100 valence electrons. The number of fused-ring (bicyclic) bond motifs is 1. The number of H-pyrrole nitrogens is 1. The minimum atomic E-state index is 0.223. The molecule has 4 heteroatoms. The van der Waals surface area contributed by atoms with Crippen LogP contribution in [0.15, 0.2) is 17.5 Å². The van der Waals surface area contributed by atoms with E-state index in [0.29, 0.717) is 6.54 Å². The number of thiophene rings is 1. The van der Waals surface area contributed by atoms with Gasteiger partial charge in [0.05, 0.1) is 6.54 Å². The molecule has 1 aliphatic heterocycles. The Hall–Kier alpha value is -1.39. The van der Waals surface area contributed by atoms with Crippen molar-refractivity contribution in [1.29, 1.82) is 0 Å². The maximum Gasteiger partial charge on any atom is 0.178 e. The Morgan fingerprint density at radius 3 is 3.05 bits per heavy atom. The molecular weight excluding hydrogens is 256 g/mol. The lowest BCUT2D eigenvalue weighted by Crippen LogP contribution is -2.34. The minimum absolute atomic E-state index is 0.223. The fourth-order valence-electron chi connectivity index (χ4n) is 2.74. The second kappa shape index (κ2) is 4.94. The van der Waals surface area contributed by atoms with Gasteiger partial charge >= 0.3 is 0 Å². The first-order valence-electron chi connectivity index (χ1n) is 6.60. The summed E-state index contributed by atoms with van der Waals surface area (Å²) in [5.74, 6) is 0.223. The minimum Gasteiger partial charge on any atom is -0.362 e. The van der Waals surface area contributed by atoms with Crippen molar-refractivity contribution >= 4 is 17.1 Å². The number of aryl methyl sites for hydroxylation is 2. The number of aromatic nitrogens is 1. The van der Waals surface area contributed by atoms with Crippen molar-refractivity contribution in [1.82, 2.24) is 9.88 Å². The van der Waals surface area contributed by atoms with Gasteiger partial charge in [0.15, 0.2) is 5.78 Å². The fraction of sp³-hybridized carbons (Fsp3) is 0.400. The summed E-state index contributed by atoms with van der Waals surface area (Å²) in [6.07, 6.45) is 1.07. The van der Waals surface area contributed by atoms with Crippen molar-refractivity contribution in [2.24, 2.45) is 0 Å². The van der Waals surface area contributed by atoms with Gasteiger partial charge in [0.1, 0.15) is 0 Å². The summed E-state index contributed by atoms with van der Waals surface area (Å²) in [5.41, 5.74) is 4.27. The third-order valence-electron chi connectivity index (χ3n) is 3.70. The molecule has 0 spiro atoms. The summed E-state index contributed by atoms with van der Waals surface area (Å²) >= 11 is 1.83. The first-order chi connectivity index (χ1) is 9.13. The van der Waals surface area contributed by atoms with Crippen LogP contribution in [0.1, 0.15) is 32.2 Å². The van der Waals surface area contributed by atoms with Gasteiger partial charge in [-0.2, -0.15) is 0 Å². The molecule has 0 amide bonds. The van der Waals surface area contributed by atoms with Gasteiger partial charge in [-0.1, -0.05) is 0 Å². The van der Waals surface area contributed by atoms with Gasteiger partial charge in [-0.3, -0.25) is 9.69 Å². The van der Waals surface area contributed by atoms with E-state index in [9.17, 15) is 4.79 Å². The van der Waals surface area contributed by atoms with Crippen LogP contribution in [0.3, 0.4) is 0 Å². The molecule has 0 unspecified atom stereocenters. The number of hydrogen-bond acceptors (Lipinski definition) is 3. The number of hydrogen-bond donors (Lipinski definition) is 1. The SMILES string of the molecule is Cc1cc(C(=O)CN2CCc3sccc3C2)c(C)[nH]1. The van der Waals surface area contributed by atoms with Crippen molar-refractivity contribution in [2.75, 3.05) is 13.1 Å². The third kappa shape index (κ3) is 2.51. The standard InChI is InChI=1S/C15H18N2OS/c1-10-7-13(11(2)16-10)14(18)9-17-5-3-15-12(8-17)4-6-19-15/h4,6-7,16H,3,5,8-9H2,1-2H3. The van der Waals surface area contributed by atoms with Crippen LogP contribution < -0.4 is 0 Å². The third-order valence-corrected chi connectivity index (χ3v) is 4.73. The van der Waals surface area contributed by atoms with E-state index in [0.717, 1.165) is 36.5 Å². The summed E-state index contributed by atoms with van der Waals surface area (Å²) in [5, 5.41) is 2.15. The Kier molecular flexibility index (Phi) is 3.29. The highest BCUT2D eigenvalue weighted by Gasteiger charge is 2.21. The quantitative estimate of drug-likeness (QED) is 0.874. The first kappa shape index (κ1) is 12.6. The molecule has 19 heavy (non-hydrogen) atoms. The average molecular weight is 274 g/mol. The van der Waals surface area contributed by atoms with Crippen molar-refractivity contribution in [3.63, 3.8) is 0 Å². The van der Waals surface area contributed by atoms with Crippen LogP contribution in [0.2, 0.25) is 0 Å². The van der Waals surface area contributed by atoms with Crippen LogP contribution in [0.4, 0.5) is 0 Å². The molecule has 0 saturated heterocycles. The number of rotatable bonds is 3. The molecule has 1 N–H and O–H groups in total. The lowest BCUT2D eigenvalue weighted by molar-refractivity contribution is 0.0921. The number of carbonyl (C=O) groups is 1. The Balaban J connectivity index is 1.70. The van der Waals surface area contributed by atoms with Gasteiger partial charge in [-0.05, 0) is 43.3 Å². The monoisotopic (exact) mass is 274 g/mol. The van der Waals surface area contributed by atoms with Crippen LogP contribution in [0, 0.1) is 13.8 Å². The zero-order chi connectivity index (χ0) is 13.4. The summed E-state index contributed by atoms with van der Waals surface area (Å²) in [6.45, 7) is 6.37. The Morgan fingerprint density at radius 2 is 2.32 bits per heavy atom. The fourth-order valence-corrected chi connectivity index (χ4v) is 3.63. The molecule has 3 nitrogen and oxygen atoms in total. The molecule has 0 aromatic carbocycles. The second-order valence-corrected chi connectivity index (χ2v) is 6.24. The van der Waals surface area contributed by atoms with Gasteiger partial charge in [-0.15, -0.1) is 11.3 Å². The Bertz CT molecular complexity index is 611. The predicted molar refractivity (Wildman–Crippen MR) is 77.9 cm³/mol. The molecule has 2 aromatic heterocycles. The number of ketones is 1. The highest BCUT2D eigenvalue weighted by atomic mass is 32.1. The van der Waals surface area contributed by atoms with E-state index in [1.54, 1.807) is 0 Å². The summed E-state index contributed by atoms with van der Waals surface area (Å²) < 4.78 is 0. The summed E-state index contributed by atoms with van der Waals surface area (Å²) in [7, 11) is 0. The lowest BCUT2D eigenvalue weighted by atomic mass is 10.1. The summed E-state index contributed by atoms with van der Waals surface area (Å²) in [6, 6.07) is 4.14. The molecular formula is C15H18N2OS. The molecule has 0 saturated carbocycles. The molecule has 0 aliphatic carbocycles. The normalized spacial score (nSPS) is 15.5. The van der Waals surface area contributed by atoms with Crippen LogP contribution in [-0.4, -0.2) is 28.8 Å². The lowest BCUT2D eigenvalue weighted by Gasteiger charge is -2.25. The van der Waals surface area contributed by atoms with E-state index in [-0.39, 0.29) is 5.78 Å². The smallest absolute Gasteiger partial charge is 0.178 e. The molecule has 0 radical (unpaired) electrons. The van der Waals surface area contributed by atoms with Crippen LogP contribution in [0.25, 0.3) is 0 Å². The number of aromatic amines is 1. The van der Waals surface area contributed by atoms with Gasteiger partial charge < -0.3 is 4.98 Å². The highest BCUT2D eigenvalue weighted by Crippen LogP contribution is 2.24. The van der Waals surface area contributed by atoms with Crippen LogP contribution in [0.5, 0.6) is 0 Å². The topological polar surface area (TPSA) is 36.1 Å². The molecule has 0 bridgehead atoms. The van der Waals surface area contributed by atoms with Gasteiger partial charge in [0.2, 0.25) is 0 Å². The van der Waals surface area contributed by atoms with Crippen molar-refractivity contribution in [3.05, 3.63) is 44.9 Å². The zero-order valence-corrected chi connectivity index (χ0v) is 12.1. The number of nitrogens with one attached hydrogen (secondary N) is 1. The average Bonchev–Trinajstić information content (AvgIpc) is 2.94. The van der Waals surface area contributed by atoms with Gasteiger partial charge in [0, 0.05) is 34.9 Å². The van der Waals surface area contributed by atoms with Gasteiger partial charge in [-0.25, -0.2) is 0 Å². The first-order valence-corrected chi connectivity index (χ1v) is 7.48. The molecule has 3 rings (SSSR count). The molecule has 1 aliphatic rings. The zero-order valence-electron chi connectivity index (χ0n) is 11.3. The van der Waals surface area contributed by atoms with E-state index >= 15 is 0 Å². The molecule has 0 fully saturated rings. The van der Waals surface area contributed by atoms with Gasteiger partial charge in [0.25, 0.3) is 0 Å². The maximum atomic E-state index is 12.3. The number of carbonyl (C=O) groups excluding carboxylic acids is 1. The Labute approximate surface area is 117 Å². The van der Waals surface area contributed by atoms with Crippen LogP contribution in [-0.2, 0) is 13.0 Å². The van der Waals surface area contributed by atoms with E-state index in [2.05, 4.69) is 21.3 Å². The predicted octanol–water partition coefficient (Wildman–Crippen LogP) is 2.93. The van der Waals surface area contributed by atoms with Crippen molar-refractivity contribution in [3.8, 4) is 0 Å². The van der Waals surface area contributed by atoms with Crippen LogP contribution >= 0.6 is 11.3 Å². The molecule has 3 heterocycles. The number of Topliss-reactive ketones (excluding diaryl/α,β-unsaturated/α-hetero) is 1. The van der Waals surface area contributed by atoms with E-state index in [4.69, 9.17) is 0 Å². The number of nitrogens with zero attached hydrogens (tertiary/aromatic N) is 1. The second-order valence-electron chi connectivity index (χ2n) is 5.24. The highest BCUT2D eigenvalue weighted by molar-refractivity contribution is 7.10. The van der Waals surface area contributed by atoms with Crippen molar-refractivity contribution in [2.45, 2.75) is 26.8 Å². The van der Waals surface area contributed by atoms with E-state index in [1.165, 1.54) is 10.4 Å². The Morgan fingerprint density at radius 1 is 1.47 bits per heavy atom. The maximum absolute atomic E-state index is 12.3. The van der Waals surface area contributed by atoms with E-state index < -0.39 is 0 Å².